The summed E-state index contributed by atoms with van der Waals surface area (Å²) in [4.78, 5) is 10.7. The van der Waals surface area contributed by atoms with Crippen LogP contribution in [0.4, 0.5) is 24.8 Å². The monoisotopic (exact) mass is 300 g/mol. The molecule has 112 valence electrons. The molecule has 0 radical (unpaired) electrons. The van der Waals surface area contributed by atoms with Crippen molar-refractivity contribution in [3.8, 4) is 5.69 Å². The molecular weight excluding hydrogens is 289 g/mol. The number of halogens is 3. The summed E-state index contributed by atoms with van der Waals surface area (Å²) < 4.78 is 39.7. The summed E-state index contributed by atoms with van der Waals surface area (Å²) in [5, 5.41) is 12.5. The Hall–Kier alpha value is -2.71. The highest BCUT2D eigenvalue weighted by Gasteiger charge is 2.34. The van der Waals surface area contributed by atoms with E-state index in [0.29, 0.717) is 0 Å². The molecule has 1 aromatic carbocycles. The van der Waals surface area contributed by atoms with Gasteiger partial charge in [0.15, 0.2) is 5.82 Å². The number of anilines is 2. The molecule has 0 atom stereocenters. The quantitative estimate of drug-likeness (QED) is 0.799. The van der Waals surface area contributed by atoms with Crippen LogP contribution in [0.5, 0.6) is 0 Å². The molecule has 6 nitrogen and oxygen atoms in total. The van der Waals surface area contributed by atoms with Crippen LogP contribution in [-0.4, -0.2) is 20.9 Å². The van der Waals surface area contributed by atoms with Gasteiger partial charge >= 0.3 is 12.1 Å². The normalized spacial score (nSPS) is 11.6. The van der Waals surface area contributed by atoms with E-state index >= 15 is 0 Å². The fourth-order valence-corrected chi connectivity index (χ4v) is 1.90. The molecule has 0 aliphatic rings. The fraction of sp³-hybridized carbons (Fsp3) is 0.167. The molecule has 0 bridgehead atoms. The van der Waals surface area contributed by atoms with Crippen LogP contribution in [-0.2, 0) is 17.4 Å². The summed E-state index contributed by atoms with van der Waals surface area (Å²) >= 11 is 0. The second-order valence-corrected chi connectivity index (χ2v) is 4.25. The first kappa shape index (κ1) is 14.7. The van der Waals surface area contributed by atoms with E-state index in [9.17, 15) is 18.0 Å². The molecule has 0 amide bonds. The molecule has 2 aromatic rings. The number of benzene rings is 1. The van der Waals surface area contributed by atoms with E-state index in [0.717, 1.165) is 10.7 Å². The van der Waals surface area contributed by atoms with Crippen LogP contribution in [0.2, 0.25) is 0 Å². The highest BCUT2D eigenvalue weighted by atomic mass is 19.4. The number of hydrogen-bond donors (Lipinski definition) is 3. The topological polar surface area (TPSA) is 107 Å². The number of carboxylic acids is 1. The van der Waals surface area contributed by atoms with Crippen LogP contribution >= 0.6 is 0 Å². The number of nitrogen functional groups attached to an aromatic ring is 2. The van der Waals surface area contributed by atoms with Crippen molar-refractivity contribution in [2.24, 2.45) is 0 Å². The molecule has 2 rings (SSSR count). The summed E-state index contributed by atoms with van der Waals surface area (Å²) in [5.41, 5.74) is 9.95. The smallest absolute Gasteiger partial charge is 0.418 e. The van der Waals surface area contributed by atoms with E-state index in [4.69, 9.17) is 16.6 Å². The lowest BCUT2D eigenvalue weighted by molar-refractivity contribution is -0.138. The van der Waals surface area contributed by atoms with E-state index < -0.39 is 24.1 Å². The van der Waals surface area contributed by atoms with E-state index in [-0.39, 0.29) is 22.9 Å². The molecule has 9 heteroatoms. The first-order valence-corrected chi connectivity index (χ1v) is 5.73. The van der Waals surface area contributed by atoms with E-state index in [2.05, 4.69) is 5.10 Å². The summed E-state index contributed by atoms with van der Waals surface area (Å²) in [6.07, 6.45) is -5.12. The van der Waals surface area contributed by atoms with Gasteiger partial charge in [0.25, 0.3) is 0 Å². The van der Waals surface area contributed by atoms with Crippen molar-refractivity contribution in [2.45, 2.75) is 12.6 Å². The number of alkyl halides is 3. The van der Waals surface area contributed by atoms with Crippen molar-refractivity contribution in [3.63, 3.8) is 0 Å². The number of nitrogens with zero attached hydrogens (tertiary/aromatic N) is 2. The third kappa shape index (κ3) is 2.76. The molecule has 5 N–H and O–H groups in total. The summed E-state index contributed by atoms with van der Waals surface area (Å²) in [7, 11) is 0. The van der Waals surface area contributed by atoms with Gasteiger partial charge in [-0.3, -0.25) is 4.79 Å². The number of nitrogens with two attached hydrogens (primary N) is 2. The van der Waals surface area contributed by atoms with Crippen LogP contribution in [0.25, 0.3) is 5.69 Å². The van der Waals surface area contributed by atoms with Crippen LogP contribution in [0.15, 0.2) is 24.3 Å². The van der Waals surface area contributed by atoms with Crippen LogP contribution in [0.3, 0.4) is 0 Å². The van der Waals surface area contributed by atoms with E-state index in [1.165, 1.54) is 18.2 Å². The minimum Gasteiger partial charge on any atom is -0.481 e. The van der Waals surface area contributed by atoms with Gasteiger partial charge in [-0.25, -0.2) is 4.68 Å². The second kappa shape index (κ2) is 5.00. The Labute approximate surface area is 116 Å². The minimum absolute atomic E-state index is 0.0144. The molecule has 0 aliphatic carbocycles. The molecule has 0 saturated carbocycles. The number of aromatic nitrogens is 2. The standard InChI is InChI=1S/C12H11F3N4O2/c13-12(14,15)7-3-1-2-4-8(7)19-11(17)6(5-9(20)21)10(16)18-19/h1-4H,5,17H2,(H2,16,18)(H,20,21). The molecular formula is C12H11F3N4O2. The third-order valence-electron chi connectivity index (χ3n) is 2.82. The maximum absolute atomic E-state index is 13.0. The van der Waals surface area contributed by atoms with Gasteiger partial charge < -0.3 is 16.6 Å². The first-order valence-electron chi connectivity index (χ1n) is 5.73. The predicted octanol–water partition coefficient (Wildman–Crippen LogP) is 1.68. The van der Waals surface area contributed by atoms with Crippen LogP contribution < -0.4 is 11.5 Å². The third-order valence-corrected chi connectivity index (χ3v) is 2.82. The second-order valence-electron chi connectivity index (χ2n) is 4.25. The Kier molecular flexibility index (Phi) is 3.50. The molecule has 0 spiro atoms. The maximum Gasteiger partial charge on any atom is 0.418 e. The van der Waals surface area contributed by atoms with Crippen molar-refractivity contribution in [1.82, 2.24) is 9.78 Å². The Morgan fingerprint density at radius 3 is 2.48 bits per heavy atom. The predicted molar refractivity (Wildman–Crippen MR) is 68.7 cm³/mol. The van der Waals surface area contributed by atoms with Crippen molar-refractivity contribution in [1.29, 1.82) is 0 Å². The first-order chi connectivity index (χ1) is 9.71. The molecule has 1 aromatic heterocycles. The SMILES string of the molecule is Nc1nn(-c2ccccc2C(F)(F)F)c(N)c1CC(=O)O. The fourth-order valence-electron chi connectivity index (χ4n) is 1.90. The molecule has 0 saturated heterocycles. The van der Waals surface area contributed by atoms with Gasteiger partial charge in [0.2, 0.25) is 0 Å². The lowest BCUT2D eigenvalue weighted by atomic mass is 10.1. The van der Waals surface area contributed by atoms with Gasteiger partial charge in [-0.2, -0.15) is 13.2 Å². The zero-order valence-electron chi connectivity index (χ0n) is 10.6. The Morgan fingerprint density at radius 1 is 1.29 bits per heavy atom. The van der Waals surface area contributed by atoms with Crippen molar-refractivity contribution < 1.29 is 23.1 Å². The largest absolute Gasteiger partial charge is 0.481 e. The van der Waals surface area contributed by atoms with Crippen LogP contribution in [0.1, 0.15) is 11.1 Å². The van der Waals surface area contributed by atoms with Gasteiger partial charge in [0, 0.05) is 5.56 Å². The van der Waals surface area contributed by atoms with Crippen LogP contribution in [0, 0.1) is 0 Å². The Balaban J connectivity index is 2.62. The van der Waals surface area contributed by atoms with Gasteiger partial charge in [-0.05, 0) is 12.1 Å². The van der Waals surface area contributed by atoms with Crippen molar-refractivity contribution in [3.05, 3.63) is 35.4 Å². The summed E-state index contributed by atoms with van der Waals surface area (Å²) in [6, 6.07) is 4.67. The minimum atomic E-state index is -4.60. The zero-order chi connectivity index (χ0) is 15.8. The number of carboxylic acid groups (broad SMARTS) is 1. The van der Waals surface area contributed by atoms with Gasteiger partial charge in [-0.15, -0.1) is 5.10 Å². The van der Waals surface area contributed by atoms with E-state index in [1.54, 1.807) is 0 Å². The number of carbonyl (C=O) groups is 1. The number of hydrogen-bond acceptors (Lipinski definition) is 4. The van der Waals surface area contributed by atoms with Gasteiger partial charge in [0.1, 0.15) is 5.82 Å². The lowest BCUT2D eigenvalue weighted by Crippen LogP contribution is -2.13. The zero-order valence-corrected chi connectivity index (χ0v) is 10.6. The molecule has 1 heterocycles. The van der Waals surface area contributed by atoms with Crippen molar-refractivity contribution in [2.75, 3.05) is 11.5 Å². The molecule has 0 unspecified atom stereocenters. The molecule has 21 heavy (non-hydrogen) atoms. The average molecular weight is 300 g/mol. The Bertz CT molecular complexity index is 694. The van der Waals surface area contributed by atoms with E-state index in [1.807, 2.05) is 0 Å². The highest BCUT2D eigenvalue weighted by Crippen LogP contribution is 2.35. The summed E-state index contributed by atoms with van der Waals surface area (Å²) in [5.74, 6) is -1.66. The van der Waals surface area contributed by atoms with Gasteiger partial charge in [-0.1, -0.05) is 12.1 Å². The number of rotatable bonds is 3. The molecule has 0 aliphatic heterocycles. The molecule has 0 fully saturated rings. The Morgan fingerprint density at radius 2 is 1.90 bits per heavy atom. The van der Waals surface area contributed by atoms with Crippen molar-refractivity contribution >= 4 is 17.6 Å². The number of para-hydroxylation sites is 1. The maximum atomic E-state index is 13.0. The number of aliphatic carboxylic acids is 1. The summed E-state index contributed by atoms with van der Waals surface area (Å²) in [6.45, 7) is 0. The average Bonchev–Trinajstić information content (AvgIpc) is 2.65. The highest BCUT2D eigenvalue weighted by molar-refractivity contribution is 5.75. The lowest BCUT2D eigenvalue weighted by Gasteiger charge is -2.13. The van der Waals surface area contributed by atoms with Gasteiger partial charge in [0.05, 0.1) is 17.7 Å².